The number of methoxy groups -OCH3 is 1. The molecule has 2 amide bonds. The van der Waals surface area contributed by atoms with Gasteiger partial charge < -0.3 is 69.5 Å². The number of aliphatic hydroxyl groups excluding tert-OH is 3. The Hall–Kier alpha value is -1.74. The summed E-state index contributed by atoms with van der Waals surface area (Å²) in [6.07, 6.45) is -9.00. The molecule has 0 spiro atoms. The lowest BCUT2D eigenvalue weighted by molar-refractivity contribution is -0.318. The Morgan fingerprint density at radius 3 is 2.18 bits per heavy atom. The number of urea groups is 1. The summed E-state index contributed by atoms with van der Waals surface area (Å²) in [6, 6.07) is -1.43. The molecule has 0 aromatic carbocycles. The predicted octanol–water partition coefficient (Wildman–Crippen LogP) is 1.98. The Morgan fingerprint density at radius 2 is 1.62 bits per heavy atom. The van der Waals surface area contributed by atoms with Crippen molar-refractivity contribution in [2.75, 3.05) is 40.8 Å². The first-order valence-corrected chi connectivity index (χ1v) is 22.0. The fourth-order valence-electron chi connectivity index (χ4n) is 9.53. The summed E-state index contributed by atoms with van der Waals surface area (Å²) in [5, 5.41) is 65.0. The number of rotatable bonds is 11. The second-order valence-electron chi connectivity index (χ2n) is 19.3. The number of esters is 1. The number of hydrogen-bond acceptors (Lipinski definition) is 15. The molecule has 0 saturated carbocycles. The van der Waals surface area contributed by atoms with Crippen molar-refractivity contribution in [1.82, 2.24) is 20.4 Å². The number of cyclic esters (lactones) is 1. The highest BCUT2D eigenvalue weighted by molar-refractivity contribution is 5.74. The van der Waals surface area contributed by atoms with E-state index in [1.807, 2.05) is 51.6 Å². The first kappa shape index (κ1) is 52.6. The number of ether oxygens (including phenoxy) is 6. The first-order chi connectivity index (χ1) is 27.7. The van der Waals surface area contributed by atoms with Crippen molar-refractivity contribution in [3.63, 3.8) is 0 Å². The van der Waals surface area contributed by atoms with Gasteiger partial charge in [0, 0.05) is 57.2 Å². The maximum Gasteiger partial charge on any atom is 0.315 e. The lowest BCUT2D eigenvalue weighted by Crippen LogP contribution is -2.60. The van der Waals surface area contributed by atoms with Crippen molar-refractivity contribution < 1.29 is 63.5 Å². The Labute approximate surface area is 359 Å². The molecule has 3 heterocycles. The molecular weight excluding hydrogens is 780 g/mol. The number of nitrogens with zero attached hydrogens (tertiary/aromatic N) is 2. The molecule has 352 valence electrons. The van der Waals surface area contributed by atoms with Crippen LogP contribution in [-0.4, -0.2) is 185 Å². The van der Waals surface area contributed by atoms with Crippen molar-refractivity contribution >= 4 is 12.0 Å². The molecule has 18 atom stereocenters. The molecule has 17 heteroatoms. The van der Waals surface area contributed by atoms with Crippen LogP contribution in [0.5, 0.6) is 0 Å². The van der Waals surface area contributed by atoms with E-state index in [2.05, 4.69) is 10.6 Å². The number of carbonyl (C=O) groups is 2. The molecule has 0 aromatic heterocycles. The molecule has 3 aliphatic rings. The highest BCUT2D eigenvalue weighted by Crippen LogP contribution is 2.40. The van der Waals surface area contributed by atoms with Crippen LogP contribution in [0.1, 0.15) is 109 Å². The van der Waals surface area contributed by atoms with Crippen LogP contribution < -0.4 is 10.6 Å². The smallest absolute Gasteiger partial charge is 0.315 e. The van der Waals surface area contributed by atoms with Crippen LogP contribution in [0.3, 0.4) is 0 Å². The summed E-state index contributed by atoms with van der Waals surface area (Å²) in [4.78, 5) is 30.8. The van der Waals surface area contributed by atoms with Gasteiger partial charge in [-0.3, -0.25) is 9.69 Å². The monoisotopic (exact) mass is 863 g/mol. The minimum Gasteiger partial charge on any atom is -0.459 e. The van der Waals surface area contributed by atoms with Gasteiger partial charge in [0.05, 0.1) is 41.5 Å². The summed E-state index contributed by atoms with van der Waals surface area (Å²) in [5.41, 5.74) is -4.62. The van der Waals surface area contributed by atoms with E-state index in [9.17, 15) is 35.1 Å². The molecule has 3 aliphatic heterocycles. The molecule has 3 saturated heterocycles. The van der Waals surface area contributed by atoms with Gasteiger partial charge in [0.15, 0.2) is 12.6 Å². The van der Waals surface area contributed by atoms with E-state index in [1.165, 1.54) is 14.0 Å². The maximum absolute atomic E-state index is 14.4. The zero-order valence-corrected chi connectivity index (χ0v) is 39.1. The Bertz CT molecular complexity index is 1360. The molecule has 0 aromatic rings. The summed E-state index contributed by atoms with van der Waals surface area (Å²) < 4.78 is 37.8. The van der Waals surface area contributed by atoms with Crippen molar-refractivity contribution in [1.29, 1.82) is 0 Å². The molecular formula is C43H82N4O13. The molecule has 0 bridgehead atoms. The summed E-state index contributed by atoms with van der Waals surface area (Å²) in [7, 11) is 5.24. The van der Waals surface area contributed by atoms with Crippen LogP contribution in [0.15, 0.2) is 0 Å². The Kier molecular flexibility index (Phi) is 19.1. The van der Waals surface area contributed by atoms with Gasteiger partial charge in [-0.1, -0.05) is 20.8 Å². The highest BCUT2D eigenvalue weighted by Gasteiger charge is 2.53. The average Bonchev–Trinajstić information content (AvgIpc) is 3.15. The maximum atomic E-state index is 14.4. The number of likely N-dealkylation sites (N-methyl/N-ethyl adjacent to an activating group) is 1. The predicted molar refractivity (Wildman–Crippen MR) is 225 cm³/mol. The second kappa shape index (κ2) is 21.8. The number of carbonyl (C=O) groups excluding carboxylic acids is 2. The number of aliphatic hydroxyl groups is 5. The number of nitrogens with one attached hydrogen (secondary N) is 2. The van der Waals surface area contributed by atoms with Crippen molar-refractivity contribution in [2.24, 2.45) is 17.8 Å². The lowest BCUT2D eigenvalue weighted by atomic mass is 9.77. The standard InChI is InChI=1S/C43H82N4O13/c1-16-31-43(12,54)35(49)28(8)47(18-17-44-40(52)45-23(2)3)22-24(4)20-41(10,53)37(60-39-33(48)30(46(13)14)19-25(5)56-39)26(6)34(27(7)38(51)58-31)59-32-21-42(11,55-15)36(50)29(9)57-32/h23-37,39,48-50,53-54H,16-22H2,1-15H3,(H2,44,45,52)/t24-,25-,26+,27-,28-,29+,30+,31-,32+,33-,34+,35-,36+,37-,39+,41-,42-,43-/m1/s1. The molecule has 0 unspecified atom stereocenters. The Balaban J connectivity index is 2.18. The minimum atomic E-state index is -1.92. The molecule has 0 radical (unpaired) electrons. The van der Waals surface area contributed by atoms with Gasteiger partial charge in [0.2, 0.25) is 0 Å². The number of hydrogen-bond donors (Lipinski definition) is 7. The van der Waals surface area contributed by atoms with Crippen molar-refractivity contribution in [3.8, 4) is 0 Å². The summed E-state index contributed by atoms with van der Waals surface area (Å²) >= 11 is 0. The zero-order valence-electron chi connectivity index (χ0n) is 39.1. The van der Waals surface area contributed by atoms with E-state index in [4.69, 9.17) is 28.4 Å². The van der Waals surface area contributed by atoms with Gasteiger partial charge in [-0.05, 0) is 102 Å². The average molecular weight is 863 g/mol. The third kappa shape index (κ3) is 12.9. The van der Waals surface area contributed by atoms with Crippen LogP contribution in [0.4, 0.5) is 4.79 Å². The van der Waals surface area contributed by atoms with Gasteiger partial charge in [-0.25, -0.2) is 4.79 Å². The Morgan fingerprint density at radius 1 is 0.983 bits per heavy atom. The van der Waals surface area contributed by atoms with E-state index >= 15 is 0 Å². The molecule has 60 heavy (non-hydrogen) atoms. The zero-order chi connectivity index (χ0) is 45.7. The normalized spacial score (nSPS) is 44.5. The van der Waals surface area contributed by atoms with Crippen molar-refractivity contribution in [2.45, 2.75) is 205 Å². The van der Waals surface area contributed by atoms with Crippen LogP contribution in [0, 0.1) is 17.8 Å². The van der Waals surface area contributed by atoms with Gasteiger partial charge in [-0.2, -0.15) is 0 Å². The second-order valence-corrected chi connectivity index (χ2v) is 19.3. The van der Waals surface area contributed by atoms with Crippen LogP contribution >= 0.6 is 0 Å². The first-order valence-electron chi connectivity index (χ1n) is 22.0. The van der Waals surface area contributed by atoms with Crippen LogP contribution in [0.2, 0.25) is 0 Å². The molecule has 3 fully saturated rings. The lowest BCUT2D eigenvalue weighted by Gasteiger charge is -2.48. The fraction of sp³-hybridized carbons (Fsp3) is 0.953. The van der Waals surface area contributed by atoms with Gasteiger partial charge in [0.1, 0.15) is 30.0 Å². The van der Waals surface area contributed by atoms with Gasteiger partial charge in [-0.15, -0.1) is 0 Å². The van der Waals surface area contributed by atoms with E-state index in [0.717, 1.165) is 0 Å². The molecule has 0 aliphatic carbocycles. The van der Waals surface area contributed by atoms with E-state index in [0.29, 0.717) is 13.0 Å². The number of amides is 2. The molecule has 17 nitrogen and oxygen atoms in total. The quantitative estimate of drug-likeness (QED) is 0.148. The largest absolute Gasteiger partial charge is 0.459 e. The minimum absolute atomic E-state index is 0.0740. The van der Waals surface area contributed by atoms with Gasteiger partial charge in [0.25, 0.3) is 0 Å². The highest BCUT2D eigenvalue weighted by atomic mass is 16.7. The van der Waals surface area contributed by atoms with Gasteiger partial charge >= 0.3 is 12.0 Å². The fourth-order valence-corrected chi connectivity index (χ4v) is 9.53. The topological polar surface area (TPSA) is 221 Å². The molecule has 3 rings (SSSR count). The van der Waals surface area contributed by atoms with E-state index in [-0.39, 0.29) is 62.5 Å². The summed E-state index contributed by atoms with van der Waals surface area (Å²) in [5.74, 6) is -2.88. The molecule has 7 N–H and O–H groups in total. The van der Waals surface area contributed by atoms with E-state index < -0.39 is 96.0 Å². The summed E-state index contributed by atoms with van der Waals surface area (Å²) in [6.45, 7) is 21.9. The van der Waals surface area contributed by atoms with Crippen LogP contribution in [-0.2, 0) is 33.2 Å². The SMILES string of the molecule is CC[C@H]1OC(=O)[C@H](C)[C@@H](O[C@H]2C[C@@](C)(OC)[C@@H](O)[C@H](C)O2)[C@H](C)[C@@H](O[C@@H]2O[C@H](C)C[C@H](N(C)C)[C@H]2O)[C@](C)(O)C[C@@H](C)CN(CCNC(=O)NC(C)C)[C@H](C)[C@@H](O)[C@]1(C)O. The third-order valence-electron chi connectivity index (χ3n) is 13.1. The van der Waals surface area contributed by atoms with Crippen LogP contribution in [0.25, 0.3) is 0 Å². The van der Waals surface area contributed by atoms with Crippen molar-refractivity contribution in [3.05, 3.63) is 0 Å². The third-order valence-corrected chi connectivity index (χ3v) is 13.1. The van der Waals surface area contributed by atoms with E-state index in [1.54, 1.807) is 48.5 Å².